The van der Waals surface area contributed by atoms with Crippen LogP contribution >= 0.6 is 0 Å². The van der Waals surface area contributed by atoms with Gasteiger partial charge in [-0.2, -0.15) is 0 Å². The van der Waals surface area contributed by atoms with Crippen molar-refractivity contribution in [2.24, 2.45) is 0 Å². The fourth-order valence-corrected chi connectivity index (χ4v) is 2.60. The summed E-state index contributed by atoms with van der Waals surface area (Å²) in [5.74, 6) is 1.39. The lowest BCUT2D eigenvalue weighted by molar-refractivity contribution is 0.969. The van der Waals surface area contributed by atoms with Gasteiger partial charge in [-0.15, -0.1) is 0 Å². The molecule has 106 valence electrons. The van der Waals surface area contributed by atoms with Gasteiger partial charge in [0.25, 0.3) is 0 Å². The number of aromatic nitrogens is 2. The van der Waals surface area contributed by atoms with Gasteiger partial charge in [0.1, 0.15) is 18.0 Å². The van der Waals surface area contributed by atoms with Gasteiger partial charge in [0.05, 0.1) is 5.69 Å². The summed E-state index contributed by atoms with van der Waals surface area (Å²) < 4.78 is 0. The Morgan fingerprint density at radius 3 is 2.62 bits per heavy atom. The highest BCUT2D eigenvalue weighted by Crippen LogP contribution is 2.33. The number of nitrogens with two attached hydrogens (primary N) is 1. The summed E-state index contributed by atoms with van der Waals surface area (Å²) in [6.45, 7) is 4.88. The normalized spacial score (nSPS) is 10.8. The van der Waals surface area contributed by atoms with E-state index in [2.05, 4.69) is 64.3 Å². The summed E-state index contributed by atoms with van der Waals surface area (Å²) in [7, 11) is 0. The van der Waals surface area contributed by atoms with Crippen LogP contribution in [0, 0.1) is 6.92 Å². The van der Waals surface area contributed by atoms with Crippen molar-refractivity contribution in [3.63, 3.8) is 0 Å². The zero-order valence-electron chi connectivity index (χ0n) is 12.2. The SMILES string of the molecule is CCN(c1ncnc(N)c1C)c1cccc2ccccc12. The second-order valence-corrected chi connectivity index (χ2v) is 4.95. The molecule has 3 aromatic rings. The second kappa shape index (κ2) is 5.40. The average Bonchev–Trinajstić information content (AvgIpc) is 2.52. The first-order chi connectivity index (χ1) is 10.2. The molecule has 0 saturated carbocycles. The molecule has 0 bridgehead atoms. The minimum Gasteiger partial charge on any atom is -0.383 e. The fraction of sp³-hybridized carbons (Fsp3) is 0.176. The molecule has 0 unspecified atom stereocenters. The van der Waals surface area contributed by atoms with Crippen LogP contribution in [0.4, 0.5) is 17.3 Å². The van der Waals surface area contributed by atoms with Gasteiger partial charge in [0, 0.05) is 17.5 Å². The zero-order chi connectivity index (χ0) is 14.8. The lowest BCUT2D eigenvalue weighted by Gasteiger charge is -2.25. The van der Waals surface area contributed by atoms with Crippen LogP contribution in [-0.4, -0.2) is 16.5 Å². The molecule has 0 aliphatic rings. The first-order valence-corrected chi connectivity index (χ1v) is 7.04. The van der Waals surface area contributed by atoms with E-state index in [0.29, 0.717) is 5.82 Å². The molecule has 21 heavy (non-hydrogen) atoms. The van der Waals surface area contributed by atoms with Crippen molar-refractivity contribution in [2.75, 3.05) is 17.2 Å². The maximum Gasteiger partial charge on any atom is 0.141 e. The molecule has 1 aromatic heterocycles. The fourth-order valence-electron chi connectivity index (χ4n) is 2.60. The Morgan fingerprint density at radius 2 is 1.81 bits per heavy atom. The predicted octanol–water partition coefficient (Wildman–Crippen LogP) is 3.68. The maximum atomic E-state index is 5.93. The number of nitrogen functional groups attached to an aromatic ring is 1. The number of hydrogen-bond donors (Lipinski definition) is 1. The van der Waals surface area contributed by atoms with Crippen molar-refractivity contribution >= 4 is 28.1 Å². The van der Waals surface area contributed by atoms with Crippen LogP contribution in [0.5, 0.6) is 0 Å². The highest BCUT2D eigenvalue weighted by atomic mass is 15.2. The molecule has 0 atom stereocenters. The smallest absolute Gasteiger partial charge is 0.141 e. The van der Waals surface area contributed by atoms with E-state index in [9.17, 15) is 0 Å². The van der Waals surface area contributed by atoms with Crippen LogP contribution in [0.15, 0.2) is 48.8 Å². The first-order valence-electron chi connectivity index (χ1n) is 7.04. The molecule has 0 aliphatic carbocycles. The first kappa shape index (κ1) is 13.4. The van der Waals surface area contributed by atoms with E-state index in [4.69, 9.17) is 5.73 Å². The monoisotopic (exact) mass is 278 g/mol. The third-order valence-electron chi connectivity index (χ3n) is 3.73. The van der Waals surface area contributed by atoms with Gasteiger partial charge in [-0.25, -0.2) is 9.97 Å². The van der Waals surface area contributed by atoms with Crippen molar-refractivity contribution in [1.82, 2.24) is 9.97 Å². The van der Waals surface area contributed by atoms with Crippen LogP contribution in [0.2, 0.25) is 0 Å². The minimum absolute atomic E-state index is 0.527. The molecule has 0 saturated heterocycles. The number of rotatable bonds is 3. The summed E-state index contributed by atoms with van der Waals surface area (Å²) in [5, 5.41) is 2.42. The lowest BCUT2D eigenvalue weighted by Crippen LogP contribution is -2.19. The summed E-state index contributed by atoms with van der Waals surface area (Å²) in [6.07, 6.45) is 1.52. The standard InChI is InChI=1S/C17H18N4/c1-3-21(17-12(2)16(18)19-11-20-17)15-10-6-8-13-7-4-5-9-14(13)15/h4-11H,3H2,1-2H3,(H2,18,19,20). The van der Waals surface area contributed by atoms with Crippen molar-refractivity contribution < 1.29 is 0 Å². The number of anilines is 3. The topological polar surface area (TPSA) is 55.0 Å². The average molecular weight is 278 g/mol. The molecule has 3 rings (SSSR count). The molecular formula is C17H18N4. The summed E-state index contributed by atoms with van der Waals surface area (Å²) in [4.78, 5) is 10.7. The number of benzene rings is 2. The van der Waals surface area contributed by atoms with Crippen LogP contribution in [0.3, 0.4) is 0 Å². The highest BCUT2D eigenvalue weighted by Gasteiger charge is 2.15. The number of nitrogens with zero attached hydrogens (tertiary/aromatic N) is 3. The molecule has 0 spiro atoms. The van der Waals surface area contributed by atoms with Crippen LogP contribution in [-0.2, 0) is 0 Å². The Kier molecular flexibility index (Phi) is 3.44. The maximum absolute atomic E-state index is 5.93. The van der Waals surface area contributed by atoms with Crippen molar-refractivity contribution in [3.05, 3.63) is 54.4 Å². The molecule has 2 aromatic carbocycles. The molecular weight excluding hydrogens is 260 g/mol. The summed E-state index contributed by atoms with van der Waals surface area (Å²) in [5.41, 5.74) is 7.97. The lowest BCUT2D eigenvalue weighted by atomic mass is 10.1. The third kappa shape index (κ3) is 2.29. The minimum atomic E-state index is 0.527. The van der Waals surface area contributed by atoms with Gasteiger partial charge >= 0.3 is 0 Å². The Morgan fingerprint density at radius 1 is 1.05 bits per heavy atom. The predicted molar refractivity (Wildman–Crippen MR) is 87.8 cm³/mol. The Hall–Kier alpha value is -2.62. The van der Waals surface area contributed by atoms with Gasteiger partial charge < -0.3 is 10.6 Å². The Bertz CT molecular complexity index is 777. The van der Waals surface area contributed by atoms with E-state index in [1.807, 2.05) is 6.92 Å². The number of fused-ring (bicyclic) bond motifs is 1. The van der Waals surface area contributed by atoms with Crippen molar-refractivity contribution in [2.45, 2.75) is 13.8 Å². The van der Waals surface area contributed by atoms with Gasteiger partial charge in [-0.05, 0) is 25.3 Å². The van der Waals surface area contributed by atoms with Gasteiger partial charge in [-0.3, -0.25) is 0 Å². The van der Waals surface area contributed by atoms with Gasteiger partial charge in [0.15, 0.2) is 0 Å². The molecule has 4 nitrogen and oxygen atoms in total. The molecule has 0 aliphatic heterocycles. The second-order valence-electron chi connectivity index (χ2n) is 4.95. The molecule has 0 fully saturated rings. The summed E-state index contributed by atoms with van der Waals surface area (Å²) in [6, 6.07) is 14.7. The van der Waals surface area contributed by atoms with E-state index in [-0.39, 0.29) is 0 Å². The summed E-state index contributed by atoms with van der Waals surface area (Å²) >= 11 is 0. The Balaban J connectivity index is 2.21. The molecule has 0 amide bonds. The van der Waals surface area contributed by atoms with E-state index >= 15 is 0 Å². The molecule has 4 heteroatoms. The van der Waals surface area contributed by atoms with E-state index < -0.39 is 0 Å². The van der Waals surface area contributed by atoms with Crippen molar-refractivity contribution in [1.29, 1.82) is 0 Å². The van der Waals surface area contributed by atoms with Gasteiger partial charge in [0.2, 0.25) is 0 Å². The Labute approximate surface area is 124 Å². The third-order valence-corrected chi connectivity index (χ3v) is 3.73. The van der Waals surface area contributed by atoms with E-state index in [1.54, 1.807) is 0 Å². The zero-order valence-corrected chi connectivity index (χ0v) is 12.2. The van der Waals surface area contributed by atoms with Crippen LogP contribution in [0.1, 0.15) is 12.5 Å². The molecule has 1 heterocycles. The van der Waals surface area contributed by atoms with Crippen LogP contribution < -0.4 is 10.6 Å². The highest BCUT2D eigenvalue weighted by molar-refractivity contribution is 5.96. The number of hydrogen-bond acceptors (Lipinski definition) is 4. The largest absolute Gasteiger partial charge is 0.383 e. The van der Waals surface area contributed by atoms with Crippen LogP contribution in [0.25, 0.3) is 10.8 Å². The molecule has 2 N–H and O–H groups in total. The van der Waals surface area contributed by atoms with Gasteiger partial charge in [-0.1, -0.05) is 36.4 Å². The molecule has 0 radical (unpaired) electrons. The van der Waals surface area contributed by atoms with Crippen molar-refractivity contribution in [3.8, 4) is 0 Å². The van der Waals surface area contributed by atoms with E-state index in [1.165, 1.54) is 17.1 Å². The van der Waals surface area contributed by atoms with E-state index in [0.717, 1.165) is 23.6 Å². The quantitative estimate of drug-likeness (QED) is 0.794.